The number of amides is 1. The highest BCUT2D eigenvalue weighted by atomic mass is 35.5. The van der Waals surface area contributed by atoms with Gasteiger partial charge in [0.05, 0.1) is 21.8 Å². The largest absolute Gasteiger partial charge is 0.452 e. The minimum absolute atomic E-state index is 0.0517. The lowest BCUT2D eigenvalue weighted by atomic mass is 10.2. The third kappa shape index (κ3) is 5.03. The van der Waals surface area contributed by atoms with Gasteiger partial charge in [0.2, 0.25) is 0 Å². The van der Waals surface area contributed by atoms with Crippen molar-refractivity contribution in [1.29, 1.82) is 0 Å². The first-order chi connectivity index (χ1) is 12.1. The second kappa shape index (κ2) is 7.84. The Balaban J connectivity index is 1.96. The molecule has 0 saturated heterocycles. The molecule has 2 rings (SSSR count). The minimum atomic E-state index is -4.48. The van der Waals surface area contributed by atoms with Gasteiger partial charge in [-0.1, -0.05) is 23.2 Å². The normalized spacial score (nSPS) is 11.1. The number of nitrogen functional groups attached to an aromatic ring is 1. The Morgan fingerprint density at radius 3 is 2.31 bits per heavy atom. The molecule has 10 heteroatoms. The summed E-state index contributed by atoms with van der Waals surface area (Å²) in [5, 5.41) is 2.51. The number of ether oxygens (including phenoxy) is 1. The monoisotopic (exact) mass is 406 g/mol. The highest BCUT2D eigenvalue weighted by Gasteiger charge is 2.30. The van der Waals surface area contributed by atoms with Gasteiger partial charge in [-0.25, -0.2) is 4.79 Å². The van der Waals surface area contributed by atoms with Crippen molar-refractivity contribution in [3.8, 4) is 0 Å². The fourth-order valence-electron chi connectivity index (χ4n) is 1.90. The predicted octanol–water partition coefficient (Wildman–Crippen LogP) is 4.39. The number of rotatable bonds is 4. The van der Waals surface area contributed by atoms with Crippen molar-refractivity contribution in [1.82, 2.24) is 0 Å². The van der Waals surface area contributed by atoms with Gasteiger partial charge in [-0.3, -0.25) is 4.79 Å². The molecule has 26 heavy (non-hydrogen) atoms. The van der Waals surface area contributed by atoms with Gasteiger partial charge >= 0.3 is 12.1 Å². The summed E-state index contributed by atoms with van der Waals surface area (Å²) in [7, 11) is 0. The lowest BCUT2D eigenvalue weighted by Gasteiger charge is -2.10. The molecule has 2 aromatic rings. The van der Waals surface area contributed by atoms with Crippen LogP contribution in [0.1, 0.15) is 15.9 Å². The molecule has 0 spiro atoms. The SMILES string of the molecule is Nc1c(Cl)cc(Cl)cc1C(=O)OCC(=O)Nc1ccc(C(F)(F)F)cc1. The van der Waals surface area contributed by atoms with Crippen molar-refractivity contribution in [2.75, 3.05) is 17.7 Å². The van der Waals surface area contributed by atoms with Crippen LogP contribution in [-0.2, 0) is 15.7 Å². The smallest absolute Gasteiger partial charge is 0.416 e. The number of carbonyl (C=O) groups is 2. The number of alkyl halides is 3. The predicted molar refractivity (Wildman–Crippen MR) is 91.2 cm³/mol. The van der Waals surface area contributed by atoms with E-state index < -0.39 is 30.2 Å². The van der Waals surface area contributed by atoms with Crippen molar-refractivity contribution in [2.24, 2.45) is 0 Å². The maximum atomic E-state index is 12.5. The van der Waals surface area contributed by atoms with Crippen LogP contribution in [0.4, 0.5) is 24.5 Å². The Kier molecular flexibility index (Phi) is 5.99. The first-order valence-corrected chi connectivity index (χ1v) is 7.72. The van der Waals surface area contributed by atoms with Crippen molar-refractivity contribution < 1.29 is 27.5 Å². The molecule has 0 radical (unpaired) electrons. The standard InChI is InChI=1S/C16H11Cl2F3N2O3/c17-9-5-11(14(22)12(18)6-9)15(25)26-7-13(24)23-10-3-1-8(2-4-10)16(19,20)21/h1-6H,7,22H2,(H,23,24). The molecular formula is C16H11Cl2F3N2O3. The first-order valence-electron chi connectivity index (χ1n) is 6.96. The number of hydrogen-bond acceptors (Lipinski definition) is 4. The van der Waals surface area contributed by atoms with Gasteiger partial charge < -0.3 is 15.8 Å². The molecule has 0 bridgehead atoms. The molecule has 0 atom stereocenters. The summed E-state index contributed by atoms with van der Waals surface area (Å²) in [6.45, 7) is -0.677. The third-order valence-corrected chi connectivity index (χ3v) is 3.68. The van der Waals surface area contributed by atoms with Crippen LogP contribution in [0.2, 0.25) is 10.0 Å². The van der Waals surface area contributed by atoms with Crippen LogP contribution in [0.25, 0.3) is 0 Å². The average molecular weight is 407 g/mol. The van der Waals surface area contributed by atoms with Crippen LogP contribution in [0, 0.1) is 0 Å². The molecule has 1 amide bonds. The molecule has 0 aliphatic carbocycles. The van der Waals surface area contributed by atoms with Crippen molar-refractivity contribution >= 4 is 46.5 Å². The van der Waals surface area contributed by atoms with E-state index in [4.69, 9.17) is 33.7 Å². The highest BCUT2D eigenvalue weighted by molar-refractivity contribution is 6.37. The molecule has 0 heterocycles. The highest BCUT2D eigenvalue weighted by Crippen LogP contribution is 2.30. The van der Waals surface area contributed by atoms with E-state index in [2.05, 4.69) is 5.32 Å². The lowest BCUT2D eigenvalue weighted by Crippen LogP contribution is -2.21. The molecule has 0 fully saturated rings. The van der Waals surface area contributed by atoms with Gasteiger partial charge in [-0.05, 0) is 36.4 Å². The maximum absolute atomic E-state index is 12.5. The number of anilines is 2. The first kappa shape index (κ1) is 19.9. The minimum Gasteiger partial charge on any atom is -0.452 e. The summed E-state index contributed by atoms with van der Waals surface area (Å²) in [6, 6.07) is 6.37. The molecule has 0 aliphatic rings. The number of nitrogens with two attached hydrogens (primary N) is 1. The second-order valence-electron chi connectivity index (χ2n) is 5.05. The van der Waals surface area contributed by atoms with E-state index in [1.54, 1.807) is 0 Å². The maximum Gasteiger partial charge on any atom is 0.416 e. The molecule has 138 valence electrons. The van der Waals surface area contributed by atoms with Crippen LogP contribution in [0.3, 0.4) is 0 Å². The Hall–Kier alpha value is -2.45. The van der Waals surface area contributed by atoms with E-state index in [9.17, 15) is 22.8 Å². The third-order valence-electron chi connectivity index (χ3n) is 3.14. The Bertz CT molecular complexity index is 840. The molecule has 0 aromatic heterocycles. The van der Waals surface area contributed by atoms with Gasteiger partial charge in [0.1, 0.15) is 0 Å². The zero-order chi connectivity index (χ0) is 19.5. The van der Waals surface area contributed by atoms with Crippen molar-refractivity contribution in [3.05, 3.63) is 57.6 Å². The zero-order valence-corrected chi connectivity index (χ0v) is 14.4. The number of halogens is 5. The zero-order valence-electron chi connectivity index (χ0n) is 12.9. The van der Waals surface area contributed by atoms with Crippen LogP contribution < -0.4 is 11.1 Å². The molecular weight excluding hydrogens is 396 g/mol. The van der Waals surface area contributed by atoms with Gasteiger partial charge in [0, 0.05) is 10.7 Å². The summed E-state index contributed by atoms with van der Waals surface area (Å²) in [5.41, 5.74) is 4.75. The Morgan fingerprint density at radius 2 is 1.73 bits per heavy atom. The lowest BCUT2D eigenvalue weighted by molar-refractivity contribution is -0.137. The molecule has 0 saturated carbocycles. The van der Waals surface area contributed by atoms with Crippen LogP contribution in [-0.4, -0.2) is 18.5 Å². The number of benzene rings is 2. The van der Waals surface area contributed by atoms with Crippen molar-refractivity contribution in [2.45, 2.75) is 6.18 Å². The fraction of sp³-hybridized carbons (Fsp3) is 0.125. The molecule has 0 aliphatic heterocycles. The summed E-state index contributed by atoms with van der Waals surface area (Å²) < 4.78 is 42.2. The van der Waals surface area contributed by atoms with Gasteiger partial charge in [-0.2, -0.15) is 13.2 Å². The topological polar surface area (TPSA) is 81.4 Å². The second-order valence-corrected chi connectivity index (χ2v) is 5.89. The van der Waals surface area contributed by atoms with Gasteiger partial charge in [0.25, 0.3) is 5.91 Å². The van der Waals surface area contributed by atoms with Crippen molar-refractivity contribution in [3.63, 3.8) is 0 Å². The van der Waals surface area contributed by atoms with E-state index in [0.29, 0.717) is 0 Å². The van der Waals surface area contributed by atoms with E-state index in [1.807, 2.05) is 0 Å². The molecule has 5 nitrogen and oxygen atoms in total. The van der Waals surface area contributed by atoms with E-state index >= 15 is 0 Å². The molecule has 0 unspecified atom stereocenters. The average Bonchev–Trinajstić information content (AvgIpc) is 2.55. The van der Waals surface area contributed by atoms with Crippen LogP contribution in [0.15, 0.2) is 36.4 Å². The summed E-state index contributed by atoms with van der Waals surface area (Å²) in [5.74, 6) is -1.67. The number of esters is 1. The Labute approximate surface area is 155 Å². The molecule has 2 aromatic carbocycles. The van der Waals surface area contributed by atoms with Gasteiger partial charge in [0.15, 0.2) is 6.61 Å². The van der Waals surface area contributed by atoms with Gasteiger partial charge in [-0.15, -0.1) is 0 Å². The number of carbonyl (C=O) groups excluding carboxylic acids is 2. The van der Waals surface area contributed by atoms with Crippen LogP contribution in [0.5, 0.6) is 0 Å². The number of hydrogen-bond donors (Lipinski definition) is 2. The summed E-state index contributed by atoms with van der Waals surface area (Å²) >= 11 is 11.6. The summed E-state index contributed by atoms with van der Waals surface area (Å²) in [4.78, 5) is 23.7. The van der Waals surface area contributed by atoms with Crippen LogP contribution >= 0.6 is 23.2 Å². The molecule has 3 N–H and O–H groups in total. The fourth-order valence-corrected chi connectivity index (χ4v) is 2.40. The van der Waals surface area contributed by atoms with E-state index in [0.717, 1.165) is 24.3 Å². The number of nitrogens with one attached hydrogen (secondary N) is 1. The quantitative estimate of drug-likeness (QED) is 0.582. The Morgan fingerprint density at radius 1 is 1.12 bits per heavy atom. The summed E-state index contributed by atoms with van der Waals surface area (Å²) in [6.07, 6.45) is -4.48. The van der Waals surface area contributed by atoms with E-state index in [-0.39, 0.29) is 27.0 Å². The van der Waals surface area contributed by atoms with E-state index in [1.165, 1.54) is 12.1 Å².